The first kappa shape index (κ1) is 17.2. The molecule has 0 saturated carbocycles. The minimum atomic E-state index is 0.111. The van der Waals surface area contributed by atoms with Crippen LogP contribution >= 0.6 is 0 Å². The van der Waals surface area contributed by atoms with Gasteiger partial charge in [0.2, 0.25) is 5.91 Å². The quantitative estimate of drug-likeness (QED) is 0.724. The molecule has 1 heterocycles. The summed E-state index contributed by atoms with van der Waals surface area (Å²) >= 11 is 0. The number of benzene rings is 1. The van der Waals surface area contributed by atoms with Crippen LogP contribution in [-0.2, 0) is 17.8 Å². The number of carbonyl (C=O) groups excluding carboxylic acids is 1. The highest BCUT2D eigenvalue weighted by Gasteiger charge is 2.03. The Kier molecular flexibility index (Phi) is 7.27. The van der Waals surface area contributed by atoms with E-state index in [0.717, 1.165) is 38.0 Å². The zero-order valence-corrected chi connectivity index (χ0v) is 13.7. The summed E-state index contributed by atoms with van der Waals surface area (Å²) in [6, 6.07) is 14.3. The van der Waals surface area contributed by atoms with Crippen LogP contribution in [0.5, 0.6) is 0 Å². The summed E-state index contributed by atoms with van der Waals surface area (Å²) in [5.41, 5.74) is 2.42. The molecule has 1 aromatic heterocycles. The number of nitrogens with one attached hydrogen (secondary N) is 1. The maximum Gasteiger partial charge on any atom is 0.220 e. The van der Waals surface area contributed by atoms with E-state index in [-0.39, 0.29) is 5.91 Å². The van der Waals surface area contributed by atoms with Crippen molar-refractivity contribution in [1.82, 2.24) is 15.2 Å². The molecule has 2 aromatic rings. The lowest BCUT2D eigenvalue weighted by atomic mass is 10.1. The molecule has 0 saturated heterocycles. The van der Waals surface area contributed by atoms with Crippen molar-refractivity contribution in [1.29, 1.82) is 0 Å². The number of pyridine rings is 1. The van der Waals surface area contributed by atoms with E-state index in [1.54, 1.807) is 6.20 Å². The monoisotopic (exact) mass is 311 g/mol. The molecule has 1 amide bonds. The Hall–Kier alpha value is -2.20. The van der Waals surface area contributed by atoms with E-state index in [0.29, 0.717) is 6.42 Å². The highest BCUT2D eigenvalue weighted by Crippen LogP contribution is 2.03. The molecule has 1 aromatic carbocycles. The van der Waals surface area contributed by atoms with Gasteiger partial charge in [0, 0.05) is 31.9 Å². The molecular weight excluding hydrogens is 286 g/mol. The lowest BCUT2D eigenvalue weighted by Crippen LogP contribution is -2.28. The van der Waals surface area contributed by atoms with Gasteiger partial charge in [0.25, 0.3) is 0 Å². The van der Waals surface area contributed by atoms with Crippen LogP contribution in [0.2, 0.25) is 0 Å². The average molecular weight is 311 g/mol. The Morgan fingerprint density at radius 2 is 1.91 bits per heavy atom. The number of nitrogens with zero attached hydrogens (tertiary/aromatic N) is 2. The predicted molar refractivity (Wildman–Crippen MR) is 93.0 cm³/mol. The molecule has 0 aliphatic carbocycles. The minimum Gasteiger partial charge on any atom is -0.356 e. The van der Waals surface area contributed by atoms with Crippen molar-refractivity contribution >= 4 is 5.91 Å². The van der Waals surface area contributed by atoms with Crippen LogP contribution in [-0.4, -0.2) is 35.9 Å². The molecular formula is C19H25N3O. The maximum absolute atomic E-state index is 11.8. The van der Waals surface area contributed by atoms with Crippen LogP contribution in [0, 0.1) is 0 Å². The maximum atomic E-state index is 11.8. The molecule has 122 valence electrons. The molecule has 2 rings (SSSR count). The summed E-state index contributed by atoms with van der Waals surface area (Å²) in [5, 5.41) is 2.99. The number of amides is 1. The molecule has 0 spiro atoms. The second kappa shape index (κ2) is 9.74. The van der Waals surface area contributed by atoms with E-state index in [1.807, 2.05) is 24.4 Å². The number of rotatable bonds is 9. The molecule has 0 unspecified atom stereocenters. The largest absolute Gasteiger partial charge is 0.356 e. The molecule has 0 atom stereocenters. The Morgan fingerprint density at radius 3 is 2.65 bits per heavy atom. The van der Waals surface area contributed by atoms with Crippen molar-refractivity contribution < 1.29 is 4.79 Å². The molecule has 0 bridgehead atoms. The van der Waals surface area contributed by atoms with Gasteiger partial charge in [-0.3, -0.25) is 9.78 Å². The fraction of sp³-hybridized carbons (Fsp3) is 0.368. The molecule has 4 heteroatoms. The van der Waals surface area contributed by atoms with Gasteiger partial charge >= 0.3 is 0 Å². The fourth-order valence-corrected chi connectivity index (χ4v) is 2.44. The standard InChI is InChI=1S/C19H25N3O/c1-22(16-18-7-3-2-4-8-18)14-6-13-21-19(23)11-10-17-9-5-12-20-15-17/h2-5,7-9,12,15H,6,10-11,13-14,16H2,1H3,(H,21,23). The van der Waals surface area contributed by atoms with E-state index in [1.165, 1.54) is 5.56 Å². The van der Waals surface area contributed by atoms with E-state index in [4.69, 9.17) is 0 Å². The van der Waals surface area contributed by atoms with E-state index in [2.05, 4.69) is 46.5 Å². The summed E-state index contributed by atoms with van der Waals surface area (Å²) in [5.74, 6) is 0.111. The van der Waals surface area contributed by atoms with E-state index >= 15 is 0 Å². The Morgan fingerprint density at radius 1 is 1.13 bits per heavy atom. The van der Waals surface area contributed by atoms with Gasteiger partial charge in [-0.25, -0.2) is 0 Å². The molecule has 0 aliphatic rings. The molecule has 0 aliphatic heterocycles. The van der Waals surface area contributed by atoms with Gasteiger partial charge in [0.1, 0.15) is 0 Å². The first-order valence-corrected chi connectivity index (χ1v) is 8.12. The van der Waals surface area contributed by atoms with Gasteiger partial charge in [0.15, 0.2) is 0 Å². The van der Waals surface area contributed by atoms with Gasteiger partial charge in [-0.05, 0) is 43.6 Å². The summed E-state index contributed by atoms with van der Waals surface area (Å²) in [6.45, 7) is 2.64. The lowest BCUT2D eigenvalue weighted by Gasteiger charge is -2.16. The highest BCUT2D eigenvalue weighted by molar-refractivity contribution is 5.76. The third-order valence-corrected chi connectivity index (χ3v) is 3.70. The number of carbonyl (C=O) groups is 1. The van der Waals surface area contributed by atoms with Gasteiger partial charge in [-0.2, -0.15) is 0 Å². The van der Waals surface area contributed by atoms with Crippen molar-refractivity contribution in [2.75, 3.05) is 20.1 Å². The molecule has 0 radical (unpaired) electrons. The Labute approximate surface area is 138 Å². The first-order chi connectivity index (χ1) is 11.2. The third-order valence-electron chi connectivity index (χ3n) is 3.70. The minimum absolute atomic E-state index is 0.111. The van der Waals surface area contributed by atoms with Crippen LogP contribution in [0.15, 0.2) is 54.9 Å². The lowest BCUT2D eigenvalue weighted by molar-refractivity contribution is -0.121. The number of aryl methyl sites for hydroxylation is 1. The van der Waals surface area contributed by atoms with Crippen molar-refractivity contribution in [2.45, 2.75) is 25.8 Å². The SMILES string of the molecule is CN(CCCNC(=O)CCc1cccnc1)Cc1ccccc1. The summed E-state index contributed by atoms with van der Waals surface area (Å²) in [6.07, 6.45) is 5.78. The van der Waals surface area contributed by atoms with Gasteiger partial charge < -0.3 is 10.2 Å². The first-order valence-electron chi connectivity index (χ1n) is 8.12. The van der Waals surface area contributed by atoms with Crippen LogP contribution in [0.1, 0.15) is 24.0 Å². The second-order valence-corrected chi connectivity index (χ2v) is 5.79. The van der Waals surface area contributed by atoms with Gasteiger partial charge in [-0.15, -0.1) is 0 Å². The van der Waals surface area contributed by atoms with Crippen molar-refractivity contribution in [2.24, 2.45) is 0 Å². The van der Waals surface area contributed by atoms with E-state index in [9.17, 15) is 4.79 Å². The molecule has 1 N–H and O–H groups in total. The third kappa shape index (κ3) is 7.06. The topological polar surface area (TPSA) is 45.2 Å². The normalized spacial score (nSPS) is 10.7. The van der Waals surface area contributed by atoms with Crippen LogP contribution in [0.3, 0.4) is 0 Å². The summed E-state index contributed by atoms with van der Waals surface area (Å²) < 4.78 is 0. The number of hydrogen-bond donors (Lipinski definition) is 1. The van der Waals surface area contributed by atoms with Crippen molar-refractivity contribution in [3.63, 3.8) is 0 Å². The van der Waals surface area contributed by atoms with Crippen molar-refractivity contribution in [3.05, 3.63) is 66.0 Å². The number of hydrogen-bond acceptors (Lipinski definition) is 3. The second-order valence-electron chi connectivity index (χ2n) is 5.79. The summed E-state index contributed by atoms with van der Waals surface area (Å²) in [7, 11) is 2.11. The Bertz CT molecular complexity index is 572. The van der Waals surface area contributed by atoms with Crippen LogP contribution in [0.25, 0.3) is 0 Å². The smallest absolute Gasteiger partial charge is 0.220 e. The summed E-state index contributed by atoms with van der Waals surface area (Å²) in [4.78, 5) is 18.1. The predicted octanol–water partition coefficient (Wildman–Crippen LogP) is 2.65. The molecule has 23 heavy (non-hydrogen) atoms. The zero-order valence-electron chi connectivity index (χ0n) is 13.7. The molecule has 4 nitrogen and oxygen atoms in total. The van der Waals surface area contributed by atoms with Crippen LogP contribution < -0.4 is 5.32 Å². The van der Waals surface area contributed by atoms with Gasteiger partial charge in [0.05, 0.1) is 0 Å². The van der Waals surface area contributed by atoms with E-state index < -0.39 is 0 Å². The van der Waals surface area contributed by atoms with Gasteiger partial charge in [-0.1, -0.05) is 36.4 Å². The van der Waals surface area contributed by atoms with Crippen molar-refractivity contribution in [3.8, 4) is 0 Å². The highest BCUT2D eigenvalue weighted by atomic mass is 16.1. The average Bonchev–Trinajstić information content (AvgIpc) is 2.59. The van der Waals surface area contributed by atoms with Crippen LogP contribution in [0.4, 0.5) is 0 Å². The molecule has 0 fully saturated rings. The Balaban J connectivity index is 1.55. The number of aromatic nitrogens is 1. The fourth-order valence-electron chi connectivity index (χ4n) is 2.44. The zero-order chi connectivity index (χ0) is 16.3.